The first-order chi connectivity index (χ1) is 19.3. The van der Waals surface area contributed by atoms with E-state index in [1.165, 1.54) is 22.3 Å². The van der Waals surface area contributed by atoms with E-state index in [-0.39, 0.29) is 0 Å². The minimum absolute atomic E-state index is 1.11. The number of anilines is 5. The Kier molecular flexibility index (Phi) is 6.92. The molecule has 6 rings (SSSR count). The summed E-state index contributed by atoms with van der Waals surface area (Å²) in [4.78, 5) is 4.53. The van der Waals surface area contributed by atoms with Gasteiger partial charge in [0, 0.05) is 35.5 Å². The summed E-state index contributed by atoms with van der Waals surface area (Å²) >= 11 is 0. The lowest BCUT2D eigenvalue weighted by Crippen LogP contribution is -2.12. The standard InChI is InChI=1S/C37H30N2/c1-38(33-22-20-31(21-23-33)29-12-5-2-6-13-29)34-24-26-36(27-25-34)39(35-17-9-4-10-18-35)37-19-11-16-32(28-37)30-14-7-3-8-15-30/h2-28H,1H3. The maximum atomic E-state index is 2.31. The molecule has 39 heavy (non-hydrogen) atoms. The molecular formula is C37H30N2. The molecule has 0 radical (unpaired) electrons. The molecule has 2 nitrogen and oxygen atoms in total. The molecule has 0 heterocycles. The Bertz CT molecular complexity index is 1630. The molecule has 0 unspecified atom stereocenters. The maximum Gasteiger partial charge on any atom is 0.0467 e. The molecule has 0 aliphatic carbocycles. The van der Waals surface area contributed by atoms with E-state index in [2.05, 4.69) is 175 Å². The zero-order valence-corrected chi connectivity index (χ0v) is 22.0. The second-order valence-corrected chi connectivity index (χ2v) is 9.58. The minimum Gasteiger partial charge on any atom is -0.345 e. The second-order valence-electron chi connectivity index (χ2n) is 9.58. The van der Waals surface area contributed by atoms with Gasteiger partial charge in [-0.3, -0.25) is 0 Å². The van der Waals surface area contributed by atoms with Gasteiger partial charge in [-0.05, 0) is 82.9 Å². The van der Waals surface area contributed by atoms with E-state index < -0.39 is 0 Å². The van der Waals surface area contributed by atoms with Crippen molar-refractivity contribution in [1.82, 2.24) is 0 Å². The second kappa shape index (κ2) is 11.1. The number of hydrogen-bond donors (Lipinski definition) is 0. The van der Waals surface area contributed by atoms with E-state index in [4.69, 9.17) is 0 Å². The molecule has 188 valence electrons. The van der Waals surface area contributed by atoms with E-state index in [9.17, 15) is 0 Å². The van der Waals surface area contributed by atoms with Crippen LogP contribution in [0.25, 0.3) is 22.3 Å². The van der Waals surface area contributed by atoms with Crippen LogP contribution in [0.4, 0.5) is 28.4 Å². The Balaban J connectivity index is 1.30. The zero-order chi connectivity index (χ0) is 26.4. The molecule has 0 saturated carbocycles. The number of benzene rings is 6. The van der Waals surface area contributed by atoms with Gasteiger partial charge in [0.1, 0.15) is 0 Å². The monoisotopic (exact) mass is 502 g/mol. The van der Waals surface area contributed by atoms with Gasteiger partial charge in [-0.25, -0.2) is 0 Å². The van der Waals surface area contributed by atoms with E-state index >= 15 is 0 Å². The Labute approximate surface area is 231 Å². The van der Waals surface area contributed by atoms with Crippen molar-refractivity contribution in [2.24, 2.45) is 0 Å². The molecule has 0 spiro atoms. The summed E-state index contributed by atoms with van der Waals surface area (Å²) in [5, 5.41) is 0. The summed E-state index contributed by atoms with van der Waals surface area (Å²) in [6, 6.07) is 57.8. The van der Waals surface area contributed by atoms with Crippen molar-refractivity contribution < 1.29 is 0 Å². The van der Waals surface area contributed by atoms with Crippen LogP contribution >= 0.6 is 0 Å². The summed E-state index contributed by atoms with van der Waals surface area (Å²) in [6.07, 6.45) is 0. The molecule has 0 fully saturated rings. The Morgan fingerprint density at radius 1 is 0.308 bits per heavy atom. The van der Waals surface area contributed by atoms with Crippen LogP contribution in [0.2, 0.25) is 0 Å². The highest BCUT2D eigenvalue weighted by Gasteiger charge is 2.14. The Morgan fingerprint density at radius 3 is 1.28 bits per heavy atom. The first kappa shape index (κ1) is 24.3. The highest BCUT2D eigenvalue weighted by molar-refractivity contribution is 5.81. The molecule has 0 N–H and O–H groups in total. The van der Waals surface area contributed by atoms with Crippen molar-refractivity contribution in [3.63, 3.8) is 0 Å². The van der Waals surface area contributed by atoms with Crippen molar-refractivity contribution >= 4 is 28.4 Å². The summed E-state index contributed by atoms with van der Waals surface area (Å²) < 4.78 is 0. The highest BCUT2D eigenvalue weighted by Crippen LogP contribution is 2.37. The van der Waals surface area contributed by atoms with Gasteiger partial charge in [-0.15, -0.1) is 0 Å². The summed E-state index contributed by atoms with van der Waals surface area (Å²) in [5.74, 6) is 0. The van der Waals surface area contributed by atoms with Gasteiger partial charge in [0.05, 0.1) is 0 Å². The van der Waals surface area contributed by atoms with Gasteiger partial charge in [0.25, 0.3) is 0 Å². The molecule has 0 saturated heterocycles. The molecular weight excluding hydrogens is 472 g/mol. The predicted molar refractivity (Wildman–Crippen MR) is 167 cm³/mol. The molecule has 0 aliphatic heterocycles. The number of rotatable bonds is 7. The van der Waals surface area contributed by atoms with Gasteiger partial charge >= 0.3 is 0 Å². The summed E-state index contributed by atoms with van der Waals surface area (Å²) in [6.45, 7) is 0. The fourth-order valence-electron chi connectivity index (χ4n) is 4.96. The summed E-state index contributed by atoms with van der Waals surface area (Å²) in [7, 11) is 2.12. The molecule has 0 bridgehead atoms. The predicted octanol–water partition coefficient (Wildman–Crippen LogP) is 10.3. The largest absolute Gasteiger partial charge is 0.345 e. The molecule has 6 aromatic rings. The van der Waals surface area contributed by atoms with E-state index in [1.54, 1.807) is 0 Å². The topological polar surface area (TPSA) is 6.48 Å². The van der Waals surface area contributed by atoms with Crippen LogP contribution in [0, 0.1) is 0 Å². The van der Waals surface area contributed by atoms with E-state index in [0.717, 1.165) is 28.4 Å². The quantitative estimate of drug-likeness (QED) is 0.214. The average Bonchev–Trinajstić information content (AvgIpc) is 3.03. The number of nitrogens with zero attached hydrogens (tertiary/aromatic N) is 2. The highest BCUT2D eigenvalue weighted by atomic mass is 15.1. The summed E-state index contributed by atoms with van der Waals surface area (Å²) in [5.41, 5.74) is 10.5. The van der Waals surface area contributed by atoms with Crippen LogP contribution in [0.1, 0.15) is 0 Å². The molecule has 0 amide bonds. The average molecular weight is 503 g/mol. The minimum atomic E-state index is 1.11. The van der Waals surface area contributed by atoms with Gasteiger partial charge in [0.15, 0.2) is 0 Å². The third-order valence-electron chi connectivity index (χ3n) is 7.08. The zero-order valence-electron chi connectivity index (χ0n) is 22.0. The van der Waals surface area contributed by atoms with Gasteiger partial charge in [-0.2, -0.15) is 0 Å². The van der Waals surface area contributed by atoms with Crippen LogP contribution in [0.15, 0.2) is 164 Å². The number of hydrogen-bond acceptors (Lipinski definition) is 2. The van der Waals surface area contributed by atoms with Gasteiger partial charge < -0.3 is 9.80 Å². The van der Waals surface area contributed by atoms with Crippen LogP contribution in [-0.4, -0.2) is 7.05 Å². The maximum absolute atomic E-state index is 2.31. The van der Waals surface area contributed by atoms with Crippen LogP contribution in [0.5, 0.6) is 0 Å². The third kappa shape index (κ3) is 5.32. The van der Waals surface area contributed by atoms with Gasteiger partial charge in [-0.1, -0.05) is 103 Å². The normalized spacial score (nSPS) is 10.7. The van der Waals surface area contributed by atoms with Crippen molar-refractivity contribution in [2.45, 2.75) is 0 Å². The third-order valence-corrected chi connectivity index (χ3v) is 7.08. The van der Waals surface area contributed by atoms with Crippen molar-refractivity contribution in [3.05, 3.63) is 164 Å². The van der Waals surface area contributed by atoms with Crippen molar-refractivity contribution in [1.29, 1.82) is 0 Å². The fraction of sp³-hybridized carbons (Fsp3) is 0.0270. The Hall–Kier alpha value is -5.08. The van der Waals surface area contributed by atoms with E-state index in [0.29, 0.717) is 0 Å². The van der Waals surface area contributed by atoms with Crippen LogP contribution < -0.4 is 9.80 Å². The molecule has 2 heteroatoms. The Morgan fingerprint density at radius 2 is 0.692 bits per heavy atom. The van der Waals surface area contributed by atoms with E-state index in [1.807, 2.05) is 6.07 Å². The number of para-hydroxylation sites is 1. The molecule has 0 aromatic heterocycles. The van der Waals surface area contributed by atoms with Crippen LogP contribution in [0.3, 0.4) is 0 Å². The lowest BCUT2D eigenvalue weighted by atomic mass is 10.0. The molecule has 0 aliphatic rings. The lowest BCUT2D eigenvalue weighted by Gasteiger charge is -2.27. The van der Waals surface area contributed by atoms with Crippen LogP contribution in [-0.2, 0) is 0 Å². The smallest absolute Gasteiger partial charge is 0.0467 e. The SMILES string of the molecule is CN(c1ccc(-c2ccccc2)cc1)c1ccc(N(c2ccccc2)c2cccc(-c3ccccc3)c2)cc1. The molecule has 6 aromatic carbocycles. The fourth-order valence-corrected chi connectivity index (χ4v) is 4.96. The first-order valence-electron chi connectivity index (χ1n) is 13.3. The van der Waals surface area contributed by atoms with Crippen molar-refractivity contribution in [2.75, 3.05) is 16.8 Å². The molecule has 0 atom stereocenters. The van der Waals surface area contributed by atoms with Crippen molar-refractivity contribution in [3.8, 4) is 22.3 Å². The van der Waals surface area contributed by atoms with Gasteiger partial charge in [0.2, 0.25) is 0 Å². The lowest BCUT2D eigenvalue weighted by molar-refractivity contribution is 1.20. The first-order valence-corrected chi connectivity index (χ1v) is 13.3.